The minimum atomic E-state index is 0.120. The van der Waals surface area contributed by atoms with Crippen LogP contribution in [0, 0.1) is 0 Å². The van der Waals surface area contributed by atoms with Gasteiger partial charge in [-0.05, 0) is 13.0 Å². The summed E-state index contributed by atoms with van der Waals surface area (Å²) < 4.78 is 1.75. The molecule has 0 aliphatic carbocycles. The maximum absolute atomic E-state index is 5.87. The SMILES string of the molecule is [B]/C(C)=C/c1c(C=C)c(C=C)c(N=CC)n1-c1ncnc([B])n1. The summed E-state index contributed by atoms with van der Waals surface area (Å²) in [5, 5.41) is 0. The van der Waals surface area contributed by atoms with Gasteiger partial charge in [0, 0.05) is 17.3 Å². The Bertz CT molecular complexity index is 814. The monoisotopic (exact) mass is 299 g/mol. The van der Waals surface area contributed by atoms with E-state index in [2.05, 4.69) is 33.1 Å². The fraction of sp³-hybridized carbons (Fsp3) is 0.125. The summed E-state index contributed by atoms with van der Waals surface area (Å²) in [7, 11) is 11.6. The highest BCUT2D eigenvalue weighted by Crippen LogP contribution is 2.34. The molecule has 4 radical (unpaired) electrons. The van der Waals surface area contributed by atoms with Crippen molar-refractivity contribution >= 4 is 51.7 Å². The van der Waals surface area contributed by atoms with Crippen molar-refractivity contribution in [3.05, 3.63) is 41.8 Å². The van der Waals surface area contributed by atoms with Gasteiger partial charge in [-0.3, -0.25) is 4.57 Å². The maximum Gasteiger partial charge on any atom is 0.238 e. The summed E-state index contributed by atoms with van der Waals surface area (Å²) in [6, 6.07) is 0. The van der Waals surface area contributed by atoms with Crippen LogP contribution in [-0.4, -0.2) is 41.4 Å². The Morgan fingerprint density at radius 2 is 1.96 bits per heavy atom. The zero-order valence-corrected chi connectivity index (χ0v) is 13.2. The molecule has 0 aliphatic rings. The number of allylic oxidation sites excluding steroid dienone is 1. The van der Waals surface area contributed by atoms with Crippen molar-refractivity contribution in [1.82, 2.24) is 19.5 Å². The number of aromatic nitrogens is 4. The molecule has 110 valence electrons. The van der Waals surface area contributed by atoms with Gasteiger partial charge in [0.05, 0.1) is 11.4 Å². The molecule has 0 amide bonds. The second-order valence-corrected chi connectivity index (χ2v) is 4.70. The van der Waals surface area contributed by atoms with E-state index in [1.165, 1.54) is 6.33 Å². The fourth-order valence-electron chi connectivity index (χ4n) is 2.25. The molecule has 0 fully saturated rings. The normalized spacial score (nSPS) is 11.8. The number of hydrogen-bond acceptors (Lipinski definition) is 4. The first-order valence-corrected chi connectivity index (χ1v) is 6.94. The van der Waals surface area contributed by atoms with Crippen LogP contribution in [0.15, 0.2) is 30.0 Å². The van der Waals surface area contributed by atoms with Crippen LogP contribution in [0.4, 0.5) is 5.82 Å². The molecule has 0 bridgehead atoms. The molecular weight excluding hydrogens is 284 g/mol. The Morgan fingerprint density at radius 1 is 1.26 bits per heavy atom. The second kappa shape index (κ2) is 7.05. The van der Waals surface area contributed by atoms with E-state index in [-0.39, 0.29) is 5.72 Å². The standard InChI is InChI=1S/C16H15B2N5/c1-5-11-12(6-2)14(19-7-3)23(13(11)8-10(4)17)16-21-9-20-15(18)22-16/h5-9H,1-2H2,3-4H3/b10-8+,19-7?. The Labute approximate surface area is 138 Å². The van der Waals surface area contributed by atoms with Gasteiger partial charge in [-0.1, -0.05) is 32.2 Å². The summed E-state index contributed by atoms with van der Waals surface area (Å²) >= 11 is 0. The van der Waals surface area contributed by atoms with Crippen molar-refractivity contribution in [3.8, 4) is 5.95 Å². The molecule has 0 spiro atoms. The first-order valence-electron chi connectivity index (χ1n) is 6.94. The van der Waals surface area contributed by atoms with E-state index in [1.54, 1.807) is 35.9 Å². The van der Waals surface area contributed by atoms with E-state index >= 15 is 0 Å². The van der Waals surface area contributed by atoms with Crippen molar-refractivity contribution < 1.29 is 0 Å². The average molecular weight is 299 g/mol. The van der Waals surface area contributed by atoms with Crippen LogP contribution in [0.1, 0.15) is 30.7 Å². The third kappa shape index (κ3) is 3.23. The summed E-state index contributed by atoms with van der Waals surface area (Å²) in [6.45, 7) is 11.4. The topological polar surface area (TPSA) is 56.0 Å². The molecule has 0 saturated carbocycles. The molecule has 7 heteroatoms. The average Bonchev–Trinajstić information content (AvgIpc) is 2.79. The zero-order valence-electron chi connectivity index (χ0n) is 13.2. The molecule has 23 heavy (non-hydrogen) atoms. The molecule has 5 nitrogen and oxygen atoms in total. The van der Waals surface area contributed by atoms with Crippen molar-refractivity contribution in [2.45, 2.75) is 13.8 Å². The van der Waals surface area contributed by atoms with Crippen molar-refractivity contribution in [1.29, 1.82) is 0 Å². The summed E-state index contributed by atoms with van der Waals surface area (Å²) in [5.74, 6) is 0.970. The van der Waals surface area contributed by atoms with Gasteiger partial charge in [0.15, 0.2) is 7.85 Å². The number of hydrogen-bond donors (Lipinski definition) is 0. The first kappa shape index (κ1) is 16.7. The van der Waals surface area contributed by atoms with Gasteiger partial charge in [-0.2, -0.15) is 0 Å². The van der Waals surface area contributed by atoms with Crippen LogP contribution < -0.4 is 5.72 Å². The van der Waals surface area contributed by atoms with Gasteiger partial charge in [-0.15, -0.1) is 5.47 Å². The smallest absolute Gasteiger partial charge is 0.238 e. The predicted octanol–water partition coefficient (Wildman–Crippen LogP) is 1.99. The van der Waals surface area contributed by atoms with Gasteiger partial charge >= 0.3 is 0 Å². The van der Waals surface area contributed by atoms with Crippen LogP contribution in [0.5, 0.6) is 0 Å². The number of aliphatic imine (C=N–C) groups is 1. The Hall–Kier alpha value is -2.69. The lowest BCUT2D eigenvalue weighted by atomic mass is 9.95. The minimum Gasteiger partial charge on any atom is -0.262 e. The largest absolute Gasteiger partial charge is 0.262 e. The second-order valence-electron chi connectivity index (χ2n) is 4.70. The van der Waals surface area contributed by atoms with Gasteiger partial charge in [0.25, 0.3) is 0 Å². The highest BCUT2D eigenvalue weighted by atomic mass is 15.2. The fourth-order valence-corrected chi connectivity index (χ4v) is 2.25. The Morgan fingerprint density at radius 3 is 2.48 bits per heavy atom. The molecule has 0 N–H and O–H groups in total. The van der Waals surface area contributed by atoms with Gasteiger partial charge in [0.2, 0.25) is 5.95 Å². The summed E-state index contributed by atoms with van der Waals surface area (Å²) in [6.07, 6.45) is 8.27. The molecule has 2 aromatic heterocycles. The third-order valence-electron chi connectivity index (χ3n) is 3.06. The quantitative estimate of drug-likeness (QED) is 0.626. The third-order valence-corrected chi connectivity index (χ3v) is 3.06. The van der Waals surface area contributed by atoms with E-state index in [0.29, 0.717) is 17.2 Å². The molecule has 0 saturated heterocycles. The molecule has 0 aromatic carbocycles. The maximum atomic E-state index is 5.87. The summed E-state index contributed by atoms with van der Waals surface area (Å²) in [4.78, 5) is 16.6. The molecule has 0 unspecified atom stereocenters. The summed E-state index contributed by atoms with van der Waals surface area (Å²) in [5.41, 5.74) is 3.14. The molecule has 2 rings (SSSR count). The van der Waals surface area contributed by atoms with Crippen molar-refractivity contribution in [2.75, 3.05) is 0 Å². The van der Waals surface area contributed by atoms with Gasteiger partial charge in [0.1, 0.15) is 20.0 Å². The molecule has 2 aromatic rings. The van der Waals surface area contributed by atoms with Crippen molar-refractivity contribution in [2.24, 2.45) is 4.99 Å². The van der Waals surface area contributed by atoms with Crippen LogP contribution >= 0.6 is 0 Å². The lowest BCUT2D eigenvalue weighted by molar-refractivity contribution is 0.909. The van der Waals surface area contributed by atoms with Crippen LogP contribution in [0.25, 0.3) is 24.2 Å². The van der Waals surface area contributed by atoms with Crippen LogP contribution in [0.2, 0.25) is 0 Å². The molecular formula is C16H15B2N5. The van der Waals surface area contributed by atoms with E-state index in [0.717, 1.165) is 16.8 Å². The van der Waals surface area contributed by atoms with E-state index in [1.807, 2.05) is 6.92 Å². The lowest BCUT2D eigenvalue weighted by Gasteiger charge is -2.08. The van der Waals surface area contributed by atoms with Crippen LogP contribution in [-0.2, 0) is 0 Å². The Kier molecular flexibility index (Phi) is 5.11. The van der Waals surface area contributed by atoms with E-state index in [9.17, 15) is 0 Å². The molecule has 0 aliphatic heterocycles. The minimum absolute atomic E-state index is 0.120. The lowest BCUT2D eigenvalue weighted by Crippen LogP contribution is -2.17. The molecule has 0 atom stereocenters. The van der Waals surface area contributed by atoms with Gasteiger partial charge in [-0.25, -0.2) is 19.9 Å². The number of nitrogens with zero attached hydrogens (tertiary/aromatic N) is 5. The highest BCUT2D eigenvalue weighted by molar-refractivity contribution is 6.28. The van der Waals surface area contributed by atoms with Gasteiger partial charge < -0.3 is 0 Å². The highest BCUT2D eigenvalue weighted by Gasteiger charge is 2.20. The molecule has 2 heterocycles. The predicted molar refractivity (Wildman–Crippen MR) is 98.0 cm³/mol. The first-order chi connectivity index (χ1) is 11.0. The Balaban J connectivity index is 2.96. The van der Waals surface area contributed by atoms with E-state index < -0.39 is 0 Å². The van der Waals surface area contributed by atoms with Crippen molar-refractivity contribution in [3.63, 3.8) is 0 Å². The zero-order chi connectivity index (χ0) is 17.0. The van der Waals surface area contributed by atoms with Crippen LogP contribution in [0.3, 0.4) is 0 Å². The number of rotatable bonds is 5. The van der Waals surface area contributed by atoms with E-state index in [4.69, 9.17) is 15.7 Å².